The highest BCUT2D eigenvalue weighted by molar-refractivity contribution is 5.27. The molecular weight excluding hydrogens is 286 g/mol. The third kappa shape index (κ3) is 7.36. The number of aryl methyl sites for hydroxylation is 1. The van der Waals surface area contributed by atoms with Gasteiger partial charge in [-0.05, 0) is 55.2 Å². The summed E-state index contributed by atoms with van der Waals surface area (Å²) in [5.41, 5.74) is 7.00. The highest BCUT2D eigenvalue weighted by atomic mass is 16.5. The van der Waals surface area contributed by atoms with E-state index in [2.05, 4.69) is 39.8 Å². The first-order valence-electron chi connectivity index (χ1n) is 8.99. The van der Waals surface area contributed by atoms with Gasteiger partial charge in [-0.1, -0.05) is 46.2 Å². The average molecular weight is 322 g/mol. The third-order valence-electron chi connectivity index (χ3n) is 4.69. The third-order valence-corrected chi connectivity index (χ3v) is 4.69. The Kier molecular flexibility index (Phi) is 8.64. The van der Waals surface area contributed by atoms with Crippen molar-refractivity contribution in [3.05, 3.63) is 29.8 Å². The van der Waals surface area contributed by atoms with E-state index in [9.17, 15) is 5.11 Å². The number of aliphatic hydroxyl groups is 1. The van der Waals surface area contributed by atoms with Crippen LogP contribution >= 0.6 is 0 Å². The van der Waals surface area contributed by atoms with Gasteiger partial charge in [-0.15, -0.1) is 0 Å². The van der Waals surface area contributed by atoms with Crippen LogP contribution in [0.15, 0.2) is 24.3 Å². The Labute approximate surface area is 142 Å². The molecular formula is C20H35NO2. The van der Waals surface area contributed by atoms with Gasteiger partial charge in [-0.25, -0.2) is 0 Å². The van der Waals surface area contributed by atoms with E-state index in [1.165, 1.54) is 18.4 Å². The molecule has 1 aromatic rings. The van der Waals surface area contributed by atoms with Crippen molar-refractivity contribution in [3.8, 4) is 5.75 Å². The first-order valence-corrected chi connectivity index (χ1v) is 8.99. The Morgan fingerprint density at radius 1 is 1.09 bits per heavy atom. The molecule has 0 spiro atoms. The fourth-order valence-corrected chi connectivity index (χ4v) is 2.52. The monoisotopic (exact) mass is 321 g/mol. The molecule has 0 radical (unpaired) electrons. The number of aliphatic hydroxyl groups excluding tert-OH is 1. The zero-order chi connectivity index (χ0) is 17.3. The van der Waals surface area contributed by atoms with Gasteiger partial charge in [-0.2, -0.15) is 0 Å². The van der Waals surface area contributed by atoms with Crippen molar-refractivity contribution in [2.24, 2.45) is 17.6 Å². The van der Waals surface area contributed by atoms with E-state index in [0.29, 0.717) is 0 Å². The Balaban J connectivity index is 2.36. The first kappa shape index (κ1) is 20.0. The predicted octanol–water partition coefficient (Wildman–Crippen LogP) is 4.17. The number of nitrogens with two attached hydrogens (primary N) is 1. The zero-order valence-corrected chi connectivity index (χ0v) is 15.3. The number of rotatable bonds is 11. The molecule has 0 fully saturated rings. The summed E-state index contributed by atoms with van der Waals surface area (Å²) in [7, 11) is 0. The molecule has 0 aromatic heterocycles. The molecule has 1 atom stereocenters. The Morgan fingerprint density at radius 2 is 1.74 bits per heavy atom. The smallest absolute Gasteiger partial charge is 0.119 e. The second-order valence-electron chi connectivity index (χ2n) is 7.43. The van der Waals surface area contributed by atoms with E-state index < -0.39 is 5.54 Å². The Morgan fingerprint density at radius 3 is 2.26 bits per heavy atom. The molecule has 0 aliphatic carbocycles. The van der Waals surface area contributed by atoms with E-state index in [4.69, 9.17) is 10.5 Å². The second kappa shape index (κ2) is 9.94. The summed E-state index contributed by atoms with van der Waals surface area (Å²) in [6.07, 6.45) is 5.27. The minimum absolute atomic E-state index is 0.0300. The summed E-state index contributed by atoms with van der Waals surface area (Å²) in [4.78, 5) is 0. The average Bonchev–Trinajstić information content (AvgIpc) is 2.53. The molecule has 1 aromatic carbocycles. The van der Waals surface area contributed by atoms with Gasteiger partial charge >= 0.3 is 0 Å². The van der Waals surface area contributed by atoms with Crippen molar-refractivity contribution in [1.82, 2.24) is 0 Å². The van der Waals surface area contributed by atoms with Crippen LogP contribution in [0.4, 0.5) is 0 Å². The van der Waals surface area contributed by atoms with Crippen molar-refractivity contribution in [1.29, 1.82) is 0 Å². The lowest BCUT2D eigenvalue weighted by atomic mass is 9.83. The summed E-state index contributed by atoms with van der Waals surface area (Å²) in [5.74, 6) is 1.97. The Bertz CT molecular complexity index is 428. The highest BCUT2D eigenvalue weighted by Crippen LogP contribution is 2.21. The predicted molar refractivity (Wildman–Crippen MR) is 97.8 cm³/mol. The maximum Gasteiger partial charge on any atom is 0.119 e. The lowest BCUT2D eigenvalue weighted by Gasteiger charge is -2.31. The zero-order valence-electron chi connectivity index (χ0n) is 15.3. The molecule has 0 aliphatic heterocycles. The van der Waals surface area contributed by atoms with Gasteiger partial charge in [-0.3, -0.25) is 0 Å². The van der Waals surface area contributed by atoms with Crippen molar-refractivity contribution in [3.63, 3.8) is 0 Å². The van der Waals surface area contributed by atoms with Crippen LogP contribution in [0.5, 0.6) is 5.75 Å². The van der Waals surface area contributed by atoms with Crippen LogP contribution in [0.1, 0.15) is 58.9 Å². The molecule has 0 saturated heterocycles. The van der Waals surface area contributed by atoms with Crippen molar-refractivity contribution in [2.45, 2.75) is 65.3 Å². The van der Waals surface area contributed by atoms with Gasteiger partial charge in [0.1, 0.15) is 5.75 Å². The van der Waals surface area contributed by atoms with E-state index in [0.717, 1.165) is 37.5 Å². The fourth-order valence-electron chi connectivity index (χ4n) is 2.52. The molecule has 23 heavy (non-hydrogen) atoms. The number of benzene rings is 1. The van der Waals surface area contributed by atoms with Crippen LogP contribution in [-0.2, 0) is 6.42 Å². The summed E-state index contributed by atoms with van der Waals surface area (Å²) < 4.78 is 5.78. The first-order chi connectivity index (χ1) is 10.9. The Hall–Kier alpha value is -1.06. The molecule has 0 amide bonds. The van der Waals surface area contributed by atoms with Gasteiger partial charge in [0.15, 0.2) is 0 Å². The normalized spacial score (nSPS) is 14.3. The van der Waals surface area contributed by atoms with Gasteiger partial charge in [0.05, 0.1) is 13.2 Å². The van der Waals surface area contributed by atoms with Crippen LogP contribution in [0.25, 0.3) is 0 Å². The summed E-state index contributed by atoms with van der Waals surface area (Å²) in [6.45, 7) is 9.45. The van der Waals surface area contributed by atoms with Gasteiger partial charge in [0.25, 0.3) is 0 Å². The van der Waals surface area contributed by atoms with Gasteiger partial charge < -0.3 is 15.6 Å². The van der Waals surface area contributed by atoms with Crippen LogP contribution < -0.4 is 10.5 Å². The number of unbranched alkanes of at least 4 members (excludes halogenated alkanes) is 1. The van der Waals surface area contributed by atoms with Crippen LogP contribution in [-0.4, -0.2) is 23.9 Å². The quantitative estimate of drug-likeness (QED) is 0.601. The van der Waals surface area contributed by atoms with Crippen LogP contribution in [0.2, 0.25) is 0 Å². The molecule has 1 rings (SSSR count). The summed E-state index contributed by atoms with van der Waals surface area (Å²) in [6, 6.07) is 8.26. The molecule has 0 heterocycles. The van der Waals surface area contributed by atoms with Crippen molar-refractivity contribution < 1.29 is 9.84 Å². The lowest BCUT2D eigenvalue weighted by Crippen LogP contribution is -2.48. The van der Waals surface area contributed by atoms with E-state index in [-0.39, 0.29) is 12.5 Å². The van der Waals surface area contributed by atoms with E-state index in [1.54, 1.807) is 0 Å². The molecule has 3 N–H and O–H groups in total. The summed E-state index contributed by atoms with van der Waals surface area (Å²) in [5, 5.41) is 9.51. The standard InChI is InChI=1S/C20H35NO2/c1-16(2)7-5-6-14-23-19-10-8-18(9-11-19)12-13-20(21,15-22)17(3)4/h8-11,16-17,22H,5-7,12-15,21H2,1-4H3/t20-/m1/s1. The molecule has 3 heteroatoms. The van der Waals surface area contributed by atoms with Crippen molar-refractivity contribution in [2.75, 3.05) is 13.2 Å². The molecule has 0 aliphatic rings. The maximum absolute atomic E-state index is 9.51. The molecule has 132 valence electrons. The van der Waals surface area contributed by atoms with Gasteiger partial charge in [0, 0.05) is 5.54 Å². The van der Waals surface area contributed by atoms with Crippen molar-refractivity contribution >= 4 is 0 Å². The lowest BCUT2D eigenvalue weighted by molar-refractivity contribution is 0.146. The molecule has 3 nitrogen and oxygen atoms in total. The van der Waals surface area contributed by atoms with E-state index in [1.807, 2.05) is 12.1 Å². The summed E-state index contributed by atoms with van der Waals surface area (Å²) >= 11 is 0. The van der Waals surface area contributed by atoms with Crippen LogP contribution in [0.3, 0.4) is 0 Å². The number of ether oxygens (including phenoxy) is 1. The second-order valence-corrected chi connectivity index (χ2v) is 7.43. The molecule has 0 bridgehead atoms. The SMILES string of the molecule is CC(C)CCCCOc1ccc(CC[C@@](N)(CO)C(C)C)cc1. The van der Waals surface area contributed by atoms with Gasteiger partial charge in [0.2, 0.25) is 0 Å². The number of hydrogen-bond acceptors (Lipinski definition) is 3. The molecule has 0 unspecified atom stereocenters. The minimum Gasteiger partial charge on any atom is -0.494 e. The molecule has 0 saturated carbocycles. The van der Waals surface area contributed by atoms with E-state index >= 15 is 0 Å². The largest absolute Gasteiger partial charge is 0.494 e. The highest BCUT2D eigenvalue weighted by Gasteiger charge is 2.27. The topological polar surface area (TPSA) is 55.5 Å². The van der Waals surface area contributed by atoms with Crippen LogP contribution in [0, 0.1) is 11.8 Å². The minimum atomic E-state index is -0.494. The fraction of sp³-hybridized carbons (Fsp3) is 0.700. The number of hydrogen-bond donors (Lipinski definition) is 2. The maximum atomic E-state index is 9.51.